The van der Waals surface area contributed by atoms with Crippen molar-refractivity contribution < 1.29 is 0 Å². The highest BCUT2D eigenvalue weighted by Gasteiger charge is 2.25. The quantitative estimate of drug-likeness (QED) is 0.473. The van der Waals surface area contributed by atoms with Crippen LogP contribution in [0.25, 0.3) is 0 Å². The first-order valence-electron chi connectivity index (χ1n) is 10.8. The molecule has 0 saturated carbocycles. The lowest BCUT2D eigenvalue weighted by Crippen LogP contribution is -2.37. The van der Waals surface area contributed by atoms with Gasteiger partial charge in [0.15, 0.2) is 0 Å². The predicted octanol–water partition coefficient (Wildman–Crippen LogP) is 8.14. The van der Waals surface area contributed by atoms with Crippen LogP contribution in [0.1, 0.15) is 67.9 Å². The predicted molar refractivity (Wildman–Crippen MR) is 131 cm³/mol. The van der Waals surface area contributed by atoms with Crippen molar-refractivity contribution in [1.29, 1.82) is 0 Å². The summed E-state index contributed by atoms with van der Waals surface area (Å²) in [7, 11) is -0.672. The zero-order valence-electron chi connectivity index (χ0n) is 19.6. The Morgan fingerprint density at radius 2 is 1.04 bits per heavy atom. The van der Waals surface area contributed by atoms with Crippen LogP contribution >= 0.6 is 10.0 Å². The van der Waals surface area contributed by atoms with Crippen molar-refractivity contribution in [3.8, 4) is 0 Å². The van der Waals surface area contributed by atoms with Gasteiger partial charge < -0.3 is 4.90 Å². The van der Waals surface area contributed by atoms with Gasteiger partial charge in [0.25, 0.3) is 0 Å². The summed E-state index contributed by atoms with van der Waals surface area (Å²) in [6.45, 7) is 20.7. The fourth-order valence-corrected chi connectivity index (χ4v) is 6.97. The van der Waals surface area contributed by atoms with E-state index in [1.54, 1.807) is 4.90 Å². The Balaban J connectivity index is 2.45. The maximum atomic E-state index is 2.46. The minimum absolute atomic E-state index is 0.00891. The molecule has 0 aromatic heterocycles. The molecule has 2 heteroatoms. The molecular formula is C26H41NS. The zero-order valence-corrected chi connectivity index (χ0v) is 20.4. The molecule has 2 aromatic rings. The van der Waals surface area contributed by atoms with Crippen molar-refractivity contribution in [3.63, 3.8) is 0 Å². The minimum atomic E-state index is -0.672. The van der Waals surface area contributed by atoms with Gasteiger partial charge in [-0.15, -0.1) is 0 Å². The molecule has 0 aliphatic heterocycles. The number of hydrogen-bond donors (Lipinski definition) is 0. The van der Waals surface area contributed by atoms with Crippen LogP contribution in [0, 0.1) is 0 Å². The minimum Gasteiger partial charge on any atom is -0.336 e. The van der Waals surface area contributed by atoms with Crippen molar-refractivity contribution in [2.45, 2.75) is 78.2 Å². The van der Waals surface area contributed by atoms with Crippen molar-refractivity contribution in [3.05, 3.63) is 54.1 Å². The molecule has 0 N–H and O–H groups in total. The van der Waals surface area contributed by atoms with Crippen molar-refractivity contribution in [2.75, 3.05) is 22.2 Å². The second-order valence-corrected chi connectivity index (χ2v) is 14.0. The first kappa shape index (κ1) is 22.9. The Bertz CT molecular complexity index is 733. The summed E-state index contributed by atoms with van der Waals surface area (Å²) in [5.41, 5.74) is 4.10. The van der Waals surface area contributed by atoms with E-state index < -0.39 is 10.0 Å². The highest BCUT2D eigenvalue weighted by Crippen LogP contribution is 2.55. The van der Waals surface area contributed by atoms with E-state index in [0.29, 0.717) is 0 Å². The van der Waals surface area contributed by atoms with Gasteiger partial charge in [0.05, 0.1) is 0 Å². The molecule has 156 valence electrons. The second kappa shape index (κ2) is 8.53. The molecule has 0 atom stereocenters. The zero-order chi connectivity index (χ0) is 21.2. The molecule has 0 amide bonds. The Labute approximate surface area is 175 Å². The van der Waals surface area contributed by atoms with Gasteiger partial charge >= 0.3 is 0 Å². The van der Waals surface area contributed by atoms with E-state index in [0.717, 1.165) is 0 Å². The third-order valence-corrected chi connectivity index (χ3v) is 10.5. The summed E-state index contributed by atoms with van der Waals surface area (Å²) >= 11 is 0. The number of hydrogen-bond acceptors (Lipinski definition) is 1. The standard InChI is InChI=1S/C26H41NS/c1-10-28(11-2,12-3)24-19-17-23(18-20-24)27(26(7,8)9)22-15-13-21(14-16-22)25(4,5)6/h13-20H,10-12H2,1-9H3. The number of benzene rings is 2. The van der Waals surface area contributed by atoms with Crippen molar-refractivity contribution in [2.24, 2.45) is 0 Å². The van der Waals surface area contributed by atoms with E-state index in [-0.39, 0.29) is 11.0 Å². The number of rotatable bonds is 6. The Kier molecular flexibility index (Phi) is 6.97. The summed E-state index contributed by atoms with van der Waals surface area (Å²) < 4.78 is 0. The Hall–Kier alpha value is -1.41. The van der Waals surface area contributed by atoms with Gasteiger partial charge in [-0.25, -0.2) is 10.0 Å². The highest BCUT2D eigenvalue weighted by atomic mass is 32.3. The van der Waals surface area contributed by atoms with Crippen LogP contribution in [0.2, 0.25) is 0 Å². The van der Waals surface area contributed by atoms with Crippen LogP contribution in [0.3, 0.4) is 0 Å². The molecule has 0 aliphatic rings. The first-order valence-corrected chi connectivity index (χ1v) is 12.9. The van der Waals surface area contributed by atoms with E-state index in [1.165, 1.54) is 34.2 Å². The van der Waals surface area contributed by atoms with Gasteiger partial charge in [-0.2, -0.15) is 0 Å². The van der Waals surface area contributed by atoms with Crippen molar-refractivity contribution in [1.82, 2.24) is 0 Å². The topological polar surface area (TPSA) is 3.24 Å². The van der Waals surface area contributed by atoms with E-state index >= 15 is 0 Å². The van der Waals surface area contributed by atoms with E-state index in [4.69, 9.17) is 0 Å². The maximum absolute atomic E-state index is 2.46. The van der Waals surface area contributed by atoms with Gasteiger partial charge in [0.2, 0.25) is 0 Å². The highest BCUT2D eigenvalue weighted by molar-refractivity contribution is 8.33. The molecule has 2 rings (SSSR count). The van der Waals surface area contributed by atoms with Crippen LogP contribution in [0.15, 0.2) is 53.4 Å². The third kappa shape index (κ3) is 4.76. The molecule has 0 heterocycles. The molecule has 2 aromatic carbocycles. The fourth-order valence-electron chi connectivity index (χ4n) is 4.03. The van der Waals surface area contributed by atoms with Crippen LogP contribution in [-0.2, 0) is 5.41 Å². The number of anilines is 2. The monoisotopic (exact) mass is 399 g/mol. The first-order chi connectivity index (χ1) is 13.0. The summed E-state index contributed by atoms with van der Waals surface area (Å²) in [5.74, 6) is 3.82. The molecule has 0 aliphatic carbocycles. The Morgan fingerprint density at radius 1 is 0.643 bits per heavy atom. The van der Waals surface area contributed by atoms with Gasteiger partial charge in [0.1, 0.15) is 0 Å². The average molecular weight is 400 g/mol. The molecule has 0 radical (unpaired) electrons. The molecule has 0 spiro atoms. The fraction of sp³-hybridized carbons (Fsp3) is 0.538. The molecule has 0 bridgehead atoms. The molecule has 0 fully saturated rings. The van der Waals surface area contributed by atoms with Gasteiger partial charge in [-0.3, -0.25) is 0 Å². The van der Waals surface area contributed by atoms with E-state index in [9.17, 15) is 0 Å². The maximum Gasteiger partial charge on any atom is 0.0416 e. The molecular weight excluding hydrogens is 358 g/mol. The smallest absolute Gasteiger partial charge is 0.0416 e. The normalized spacial score (nSPS) is 13.5. The molecule has 0 saturated heterocycles. The molecule has 28 heavy (non-hydrogen) atoms. The van der Waals surface area contributed by atoms with Crippen molar-refractivity contribution >= 4 is 21.4 Å². The summed E-state index contributed by atoms with van der Waals surface area (Å²) in [6, 6.07) is 18.6. The SMILES string of the molecule is CCS(CC)(CC)c1ccc(N(c2ccc(C(C)(C)C)cc2)C(C)(C)C)cc1. The largest absolute Gasteiger partial charge is 0.336 e. The summed E-state index contributed by atoms with van der Waals surface area (Å²) in [5, 5.41) is 0. The third-order valence-electron chi connectivity index (χ3n) is 5.92. The lowest BCUT2D eigenvalue weighted by Gasteiger charge is -2.40. The summed E-state index contributed by atoms with van der Waals surface area (Å²) in [4.78, 5) is 4.02. The van der Waals surface area contributed by atoms with Crippen LogP contribution in [0.4, 0.5) is 11.4 Å². The van der Waals surface area contributed by atoms with Crippen LogP contribution in [-0.4, -0.2) is 22.8 Å². The second-order valence-electron chi connectivity index (χ2n) is 9.71. The average Bonchev–Trinajstić information content (AvgIpc) is 2.63. The van der Waals surface area contributed by atoms with Gasteiger partial charge in [-0.05, 0) is 90.3 Å². The van der Waals surface area contributed by atoms with Gasteiger partial charge in [0, 0.05) is 16.9 Å². The molecule has 0 unspecified atom stereocenters. The van der Waals surface area contributed by atoms with Gasteiger partial charge in [-0.1, -0.05) is 53.7 Å². The van der Waals surface area contributed by atoms with E-state index in [1.807, 2.05) is 0 Å². The van der Waals surface area contributed by atoms with Crippen LogP contribution < -0.4 is 4.90 Å². The number of nitrogens with zero attached hydrogens (tertiary/aromatic N) is 1. The lowest BCUT2D eigenvalue weighted by molar-refractivity contribution is 0.559. The molecule has 1 nitrogen and oxygen atoms in total. The Morgan fingerprint density at radius 3 is 1.36 bits per heavy atom. The lowest BCUT2D eigenvalue weighted by atomic mass is 9.87. The van der Waals surface area contributed by atoms with E-state index in [2.05, 4.69) is 116 Å². The van der Waals surface area contributed by atoms with Crippen LogP contribution in [0.5, 0.6) is 0 Å². The summed E-state index contributed by atoms with van der Waals surface area (Å²) in [6.07, 6.45) is 0.